The predicted octanol–water partition coefficient (Wildman–Crippen LogP) is -2.29. The first-order valence-corrected chi connectivity index (χ1v) is 11.2. The Morgan fingerprint density at radius 3 is 2.56 bits per heavy atom. The number of hydrogen-bond donors (Lipinski definition) is 8. The lowest BCUT2D eigenvalue weighted by Crippen LogP contribution is -2.64. The fourth-order valence-corrected chi connectivity index (χ4v) is 5.91. The Kier molecular flexibility index (Phi) is 6.64. The number of carboxylic acid groups (broad SMARTS) is 1. The molecule has 5 rings (SSSR count). The van der Waals surface area contributed by atoms with Gasteiger partial charge in [-0.05, 0) is 38.1 Å². The summed E-state index contributed by atoms with van der Waals surface area (Å²) in [6.45, 7) is 0.167. The molecule has 1 aromatic carbocycles. The maximum atomic E-state index is 10.4. The molecule has 1 aromatic rings. The zero-order chi connectivity index (χ0) is 24.9. The number of rotatable bonds is 5. The lowest BCUT2D eigenvalue weighted by atomic mass is 9.53. The molecule has 0 unspecified atom stereocenters. The molecule has 0 aromatic heterocycles. The van der Waals surface area contributed by atoms with Gasteiger partial charge in [-0.1, -0.05) is 18.2 Å². The molecule has 4 aliphatic rings. The number of phenols is 1. The number of benzene rings is 1. The summed E-state index contributed by atoms with van der Waals surface area (Å²) >= 11 is 0. The van der Waals surface area contributed by atoms with E-state index >= 15 is 0 Å². The third-order valence-corrected chi connectivity index (χ3v) is 7.66. The maximum Gasteiger partial charge on any atom is 0.335 e. The van der Waals surface area contributed by atoms with Crippen LogP contribution in [0.2, 0.25) is 0 Å². The van der Waals surface area contributed by atoms with Crippen LogP contribution in [0.3, 0.4) is 0 Å². The molecule has 1 spiro atoms. The average Bonchev–Trinajstić information content (AvgIpc) is 3.18. The van der Waals surface area contributed by atoms with Gasteiger partial charge in [0.05, 0.1) is 6.61 Å². The van der Waals surface area contributed by atoms with E-state index in [1.807, 2.05) is 12.1 Å². The van der Waals surface area contributed by atoms with Crippen LogP contribution in [-0.4, -0.2) is 115 Å². The van der Waals surface area contributed by atoms with E-state index in [9.17, 15) is 15.0 Å². The Morgan fingerprint density at radius 1 is 1.21 bits per heavy atom. The SMILES string of the molecule is CN1CC[C@]23c4c5ccc(O)c4O[C@H]2[C@@H](O)C=C[C@H]3[C@H]1C5.O=C(O)[C@H](O)[C@@H](O)[C@H](O)[C@H](O)CO. The topological polar surface area (TPSA) is 191 Å². The molecule has 9 atom stereocenters. The second kappa shape index (κ2) is 9.08. The number of carboxylic acids is 1. The number of hydrogen-bond acceptors (Lipinski definition) is 10. The molecule has 0 amide bonds. The van der Waals surface area contributed by atoms with Gasteiger partial charge < -0.3 is 50.5 Å². The van der Waals surface area contributed by atoms with Crippen LogP contribution in [0.1, 0.15) is 17.5 Å². The molecule has 2 heterocycles. The minimum atomic E-state index is -2.20. The second-order valence-corrected chi connectivity index (χ2v) is 9.44. The van der Waals surface area contributed by atoms with E-state index in [1.54, 1.807) is 6.07 Å². The van der Waals surface area contributed by atoms with Crippen LogP contribution in [-0.2, 0) is 16.6 Å². The molecule has 1 fully saturated rings. The Hall–Kier alpha value is -2.25. The number of nitrogens with zero attached hydrogens (tertiary/aromatic N) is 1. The van der Waals surface area contributed by atoms with Gasteiger partial charge in [0, 0.05) is 22.9 Å². The van der Waals surface area contributed by atoms with E-state index in [-0.39, 0.29) is 17.3 Å². The molecule has 188 valence electrons. The van der Waals surface area contributed by atoms with Crippen LogP contribution < -0.4 is 4.74 Å². The van der Waals surface area contributed by atoms with Crippen molar-refractivity contribution >= 4 is 5.97 Å². The summed E-state index contributed by atoms with van der Waals surface area (Å²) in [6.07, 6.45) is -2.66. The lowest BCUT2D eigenvalue weighted by molar-refractivity contribution is -0.164. The number of aliphatic hydroxyl groups is 6. The van der Waals surface area contributed by atoms with Crippen molar-refractivity contribution in [3.05, 3.63) is 35.4 Å². The van der Waals surface area contributed by atoms with Gasteiger partial charge in [-0.15, -0.1) is 0 Å². The number of likely N-dealkylation sites (tertiary alicyclic amines) is 1. The van der Waals surface area contributed by atoms with Crippen LogP contribution >= 0.6 is 0 Å². The van der Waals surface area contributed by atoms with Gasteiger partial charge in [-0.2, -0.15) is 0 Å². The quantitative estimate of drug-likeness (QED) is 0.211. The fourth-order valence-electron chi connectivity index (χ4n) is 5.91. The monoisotopic (exact) mass is 481 g/mol. The molecule has 11 heteroatoms. The normalized spacial score (nSPS) is 34.1. The van der Waals surface area contributed by atoms with Crippen molar-refractivity contribution in [2.75, 3.05) is 20.2 Å². The summed E-state index contributed by atoms with van der Waals surface area (Å²) in [5.74, 6) is -0.536. The van der Waals surface area contributed by atoms with Gasteiger partial charge in [-0.3, -0.25) is 0 Å². The van der Waals surface area contributed by atoms with Crippen LogP contribution in [0.5, 0.6) is 11.5 Å². The molecule has 34 heavy (non-hydrogen) atoms. The smallest absolute Gasteiger partial charge is 0.335 e. The van der Waals surface area contributed by atoms with E-state index in [0.29, 0.717) is 17.7 Å². The molecule has 11 nitrogen and oxygen atoms in total. The summed E-state index contributed by atoms with van der Waals surface area (Å²) in [5, 5.41) is 72.5. The first kappa shape index (κ1) is 24.9. The van der Waals surface area contributed by atoms with Crippen molar-refractivity contribution in [1.82, 2.24) is 4.90 Å². The fraction of sp³-hybridized carbons (Fsp3) is 0.609. The molecule has 0 radical (unpaired) electrons. The standard InChI is InChI=1S/C17H19NO3.C6H12O7/c1-18-7-6-17-10-3-5-13(20)16(17)21-15-12(19)4-2-9(14(15)17)8-11(10)18;7-1-2(8)3(9)4(10)5(11)6(12)13/h2-5,10-11,13,16,19-20H,6-8H2,1H3;2-5,7-11H,1H2,(H,12,13)/t10-,11+,13-,16-,17-;2-,3-,4+,5-/m01/s1. The number of aliphatic carboxylic acids is 1. The van der Waals surface area contributed by atoms with E-state index in [0.717, 1.165) is 19.4 Å². The van der Waals surface area contributed by atoms with E-state index in [2.05, 4.69) is 18.0 Å². The maximum absolute atomic E-state index is 10.4. The van der Waals surface area contributed by atoms with Crippen molar-refractivity contribution in [3.63, 3.8) is 0 Å². The van der Waals surface area contributed by atoms with Crippen LogP contribution in [0.25, 0.3) is 0 Å². The van der Waals surface area contributed by atoms with Crippen molar-refractivity contribution < 1.29 is 50.4 Å². The summed E-state index contributed by atoms with van der Waals surface area (Å²) in [7, 11) is 2.19. The number of likely N-dealkylation sites (N-methyl/N-ethyl adjacent to an activating group) is 1. The van der Waals surface area contributed by atoms with Gasteiger partial charge in [0.1, 0.15) is 30.5 Å². The number of phenolic OH excluding ortho intramolecular Hbond substituents is 1. The van der Waals surface area contributed by atoms with Gasteiger partial charge in [-0.25, -0.2) is 4.79 Å². The van der Waals surface area contributed by atoms with Gasteiger partial charge >= 0.3 is 5.97 Å². The Balaban J connectivity index is 0.000000185. The third kappa shape index (κ3) is 3.68. The van der Waals surface area contributed by atoms with Gasteiger partial charge in [0.25, 0.3) is 0 Å². The number of aromatic hydroxyl groups is 1. The Labute approximate surface area is 195 Å². The van der Waals surface area contributed by atoms with Crippen LogP contribution in [0.4, 0.5) is 0 Å². The summed E-state index contributed by atoms with van der Waals surface area (Å²) in [5.41, 5.74) is 2.29. The zero-order valence-corrected chi connectivity index (χ0v) is 18.6. The summed E-state index contributed by atoms with van der Waals surface area (Å²) in [4.78, 5) is 12.5. The predicted molar refractivity (Wildman–Crippen MR) is 116 cm³/mol. The Bertz CT molecular complexity index is 969. The molecule has 2 bridgehead atoms. The number of carbonyl (C=O) groups is 1. The number of aliphatic hydroxyl groups excluding tert-OH is 6. The van der Waals surface area contributed by atoms with Crippen molar-refractivity contribution in [3.8, 4) is 11.5 Å². The molecule has 1 saturated heterocycles. The number of ether oxygens (including phenoxy) is 1. The highest BCUT2D eigenvalue weighted by atomic mass is 16.5. The lowest BCUT2D eigenvalue weighted by Gasteiger charge is -2.56. The first-order chi connectivity index (χ1) is 16.0. The molecular formula is C23H31NO10. The van der Waals surface area contributed by atoms with Crippen molar-refractivity contribution in [1.29, 1.82) is 0 Å². The molecule has 0 saturated carbocycles. The minimum Gasteiger partial charge on any atom is -0.504 e. The zero-order valence-electron chi connectivity index (χ0n) is 18.6. The molecule has 2 aliphatic heterocycles. The largest absolute Gasteiger partial charge is 0.504 e. The first-order valence-electron chi connectivity index (χ1n) is 11.2. The highest BCUT2D eigenvalue weighted by Gasteiger charge is 2.64. The average molecular weight is 481 g/mol. The summed E-state index contributed by atoms with van der Waals surface area (Å²) in [6, 6.07) is 4.23. The minimum absolute atomic E-state index is 0.160. The van der Waals surface area contributed by atoms with Gasteiger partial charge in [0.2, 0.25) is 0 Å². The second-order valence-electron chi connectivity index (χ2n) is 9.44. The summed E-state index contributed by atoms with van der Waals surface area (Å²) < 4.78 is 6.09. The molecular weight excluding hydrogens is 450 g/mol. The van der Waals surface area contributed by atoms with Crippen molar-refractivity contribution in [2.24, 2.45) is 5.92 Å². The highest BCUT2D eigenvalue weighted by Crippen LogP contribution is 2.62. The third-order valence-electron chi connectivity index (χ3n) is 7.66. The highest BCUT2D eigenvalue weighted by molar-refractivity contribution is 5.72. The van der Waals surface area contributed by atoms with Gasteiger partial charge in [0.15, 0.2) is 17.6 Å². The van der Waals surface area contributed by atoms with Crippen LogP contribution in [0.15, 0.2) is 24.3 Å². The van der Waals surface area contributed by atoms with E-state index in [1.165, 1.54) is 11.1 Å². The molecule has 2 aliphatic carbocycles. The van der Waals surface area contributed by atoms with Crippen LogP contribution in [0, 0.1) is 5.92 Å². The van der Waals surface area contributed by atoms with E-state index < -0.39 is 43.1 Å². The van der Waals surface area contributed by atoms with Crippen molar-refractivity contribution in [2.45, 2.75) is 60.9 Å². The Morgan fingerprint density at radius 2 is 1.91 bits per heavy atom. The molecule has 8 N–H and O–H groups in total. The number of piperidine rings is 1. The van der Waals surface area contributed by atoms with E-state index in [4.69, 9.17) is 35.4 Å².